The van der Waals surface area contributed by atoms with E-state index in [2.05, 4.69) is 26.2 Å². The molecule has 0 fully saturated rings. The predicted molar refractivity (Wildman–Crippen MR) is 191 cm³/mol. The first-order chi connectivity index (χ1) is 21.4. The molecule has 0 aromatic carbocycles. The smallest absolute Gasteiger partial charge is 0.327 e. The maximum atomic E-state index is 13.0. The number of carbonyl (C=O) groups is 2. The number of hydrazine groups is 1. The van der Waals surface area contributed by atoms with E-state index in [0.717, 1.165) is 32.1 Å². The van der Waals surface area contributed by atoms with E-state index in [4.69, 9.17) is 4.74 Å². The molecule has 0 spiro atoms. The highest BCUT2D eigenvalue weighted by atomic mass is 16.5. The minimum atomic E-state index is -0.877. The zero-order valence-electron chi connectivity index (χ0n) is 30.6. The first kappa shape index (κ1) is 42.9. The summed E-state index contributed by atoms with van der Waals surface area (Å²) in [7, 11) is 0. The third-order valence-electron chi connectivity index (χ3n) is 9.12. The van der Waals surface area contributed by atoms with Gasteiger partial charge in [0, 0.05) is 13.0 Å². The summed E-state index contributed by atoms with van der Waals surface area (Å²) in [6.45, 7) is 11.4. The van der Waals surface area contributed by atoms with Crippen molar-refractivity contribution >= 4 is 11.9 Å². The fourth-order valence-electron chi connectivity index (χ4n) is 5.96. The molecule has 0 rings (SSSR count). The lowest BCUT2D eigenvalue weighted by atomic mass is 10.0. The van der Waals surface area contributed by atoms with Gasteiger partial charge in [0.1, 0.15) is 5.54 Å². The van der Waals surface area contributed by atoms with E-state index in [1.807, 2.05) is 13.8 Å². The van der Waals surface area contributed by atoms with Gasteiger partial charge in [-0.3, -0.25) is 10.2 Å². The molecule has 1 amide bonds. The van der Waals surface area contributed by atoms with Crippen LogP contribution >= 0.6 is 0 Å². The zero-order valence-corrected chi connectivity index (χ0v) is 30.6. The van der Waals surface area contributed by atoms with Gasteiger partial charge >= 0.3 is 5.97 Å². The molecule has 0 atom stereocenters. The van der Waals surface area contributed by atoms with E-state index in [1.165, 1.54) is 148 Å². The summed E-state index contributed by atoms with van der Waals surface area (Å²) in [5, 5.41) is 1.80. The molecule has 262 valence electrons. The molecule has 0 aromatic rings. The number of rotatable bonds is 34. The maximum absolute atomic E-state index is 13.0. The van der Waals surface area contributed by atoms with Crippen LogP contribution in [0.1, 0.15) is 221 Å². The average molecular weight is 623 g/mol. The van der Waals surface area contributed by atoms with Crippen molar-refractivity contribution in [2.75, 3.05) is 13.2 Å². The van der Waals surface area contributed by atoms with Gasteiger partial charge in [0.25, 0.3) is 0 Å². The standard InChI is InChI=1S/C39H78N2O3/c1-6-9-11-13-15-17-19-21-22-23-24-26-28-30-32-34-37(42)40-41(35-8-3)39(4,5)38(43)44-36-33-31-29-27-25-20-18-16-14-12-10-7-2/h6-36H2,1-5H3,(H,40,42). The van der Waals surface area contributed by atoms with Crippen molar-refractivity contribution in [3.63, 3.8) is 0 Å². The summed E-state index contributed by atoms with van der Waals surface area (Å²) >= 11 is 0. The quantitative estimate of drug-likeness (QED) is 0.0440. The maximum Gasteiger partial charge on any atom is 0.327 e. The van der Waals surface area contributed by atoms with Crippen molar-refractivity contribution in [3.8, 4) is 0 Å². The highest BCUT2D eigenvalue weighted by molar-refractivity contribution is 5.81. The van der Waals surface area contributed by atoms with Gasteiger partial charge in [-0.15, -0.1) is 0 Å². The van der Waals surface area contributed by atoms with E-state index in [0.29, 0.717) is 19.6 Å². The Morgan fingerprint density at radius 3 is 1.20 bits per heavy atom. The van der Waals surface area contributed by atoms with Crippen LogP contribution in [0.15, 0.2) is 0 Å². The van der Waals surface area contributed by atoms with Crippen molar-refractivity contribution < 1.29 is 14.3 Å². The lowest BCUT2D eigenvalue weighted by Crippen LogP contribution is -2.59. The molecule has 0 saturated heterocycles. The lowest BCUT2D eigenvalue weighted by molar-refractivity contribution is -0.160. The fourth-order valence-corrected chi connectivity index (χ4v) is 5.96. The normalized spacial score (nSPS) is 11.8. The molecule has 5 heteroatoms. The number of carbonyl (C=O) groups excluding carboxylic acids is 2. The summed E-state index contributed by atoms with van der Waals surface area (Å²) in [4.78, 5) is 25.7. The summed E-state index contributed by atoms with van der Waals surface area (Å²) in [6, 6.07) is 0. The van der Waals surface area contributed by atoms with Crippen LogP contribution in [-0.4, -0.2) is 35.6 Å². The molecule has 1 N–H and O–H groups in total. The Labute approximate surface area is 275 Å². The molecule has 0 aliphatic rings. The molecule has 0 saturated carbocycles. The van der Waals surface area contributed by atoms with Gasteiger partial charge in [-0.1, -0.05) is 181 Å². The summed E-state index contributed by atoms with van der Waals surface area (Å²) < 4.78 is 5.67. The number of nitrogens with one attached hydrogen (secondary N) is 1. The first-order valence-corrected chi connectivity index (χ1v) is 19.6. The number of nitrogens with zero attached hydrogens (tertiary/aromatic N) is 1. The molecule has 0 bridgehead atoms. The monoisotopic (exact) mass is 623 g/mol. The van der Waals surface area contributed by atoms with Crippen molar-refractivity contribution in [1.82, 2.24) is 10.4 Å². The van der Waals surface area contributed by atoms with Crippen LogP contribution in [0.4, 0.5) is 0 Å². The van der Waals surface area contributed by atoms with E-state index in [1.54, 1.807) is 5.01 Å². The molecule has 0 unspecified atom stereocenters. The highest BCUT2D eigenvalue weighted by Gasteiger charge is 2.37. The predicted octanol–water partition coefficient (Wildman–Crippen LogP) is 12.0. The van der Waals surface area contributed by atoms with Crippen LogP contribution in [0.3, 0.4) is 0 Å². The Balaban J connectivity index is 3.91. The minimum absolute atomic E-state index is 0.00924. The van der Waals surface area contributed by atoms with Gasteiger partial charge in [-0.05, 0) is 33.1 Å². The molecule has 5 nitrogen and oxygen atoms in total. The summed E-state index contributed by atoms with van der Waals surface area (Å²) in [6.07, 6.45) is 36.6. The second-order valence-corrected chi connectivity index (χ2v) is 14.0. The average Bonchev–Trinajstić information content (AvgIpc) is 3.01. The van der Waals surface area contributed by atoms with E-state index in [-0.39, 0.29) is 11.9 Å². The lowest BCUT2D eigenvalue weighted by Gasteiger charge is -2.36. The van der Waals surface area contributed by atoms with Crippen LogP contribution in [0.2, 0.25) is 0 Å². The zero-order chi connectivity index (χ0) is 32.6. The number of unbranched alkanes of at least 4 members (excludes halogenated alkanes) is 25. The van der Waals surface area contributed by atoms with E-state index in [9.17, 15) is 9.59 Å². The van der Waals surface area contributed by atoms with E-state index >= 15 is 0 Å². The molecule has 0 heterocycles. The molecule has 0 aliphatic heterocycles. The Morgan fingerprint density at radius 1 is 0.500 bits per heavy atom. The summed E-state index contributed by atoms with van der Waals surface area (Å²) in [5.74, 6) is -0.240. The molecule has 0 aromatic heterocycles. The molecular weight excluding hydrogens is 544 g/mol. The van der Waals surface area contributed by atoms with Gasteiger partial charge in [-0.25, -0.2) is 9.80 Å². The SMILES string of the molecule is CCCCCCCCCCCCCCCCCC(=O)NN(CCC)C(C)(C)C(=O)OCCCCCCCCCCCCCC. The Morgan fingerprint density at radius 2 is 0.841 bits per heavy atom. The van der Waals surface area contributed by atoms with Gasteiger partial charge in [-0.2, -0.15) is 0 Å². The Bertz CT molecular complexity index is 637. The van der Waals surface area contributed by atoms with Crippen LogP contribution < -0.4 is 5.43 Å². The van der Waals surface area contributed by atoms with Crippen LogP contribution in [0.5, 0.6) is 0 Å². The first-order valence-electron chi connectivity index (χ1n) is 19.6. The Kier molecular flexibility index (Phi) is 31.1. The second-order valence-electron chi connectivity index (χ2n) is 14.0. The van der Waals surface area contributed by atoms with Gasteiger partial charge in [0.15, 0.2) is 0 Å². The summed E-state index contributed by atoms with van der Waals surface area (Å²) in [5.41, 5.74) is 2.15. The number of hydrogen-bond donors (Lipinski definition) is 1. The molecule has 0 radical (unpaired) electrons. The molecule has 44 heavy (non-hydrogen) atoms. The largest absolute Gasteiger partial charge is 0.464 e. The molecular formula is C39H78N2O3. The third kappa shape index (κ3) is 26.1. The second kappa shape index (κ2) is 31.9. The van der Waals surface area contributed by atoms with Gasteiger partial charge < -0.3 is 4.74 Å². The number of esters is 1. The van der Waals surface area contributed by atoms with Gasteiger partial charge in [0.2, 0.25) is 5.91 Å². The topological polar surface area (TPSA) is 58.6 Å². The molecule has 0 aliphatic carbocycles. The Hall–Kier alpha value is -1.10. The van der Waals surface area contributed by atoms with Crippen molar-refractivity contribution in [3.05, 3.63) is 0 Å². The highest BCUT2D eigenvalue weighted by Crippen LogP contribution is 2.18. The van der Waals surface area contributed by atoms with Crippen molar-refractivity contribution in [2.45, 2.75) is 226 Å². The van der Waals surface area contributed by atoms with Crippen LogP contribution in [0, 0.1) is 0 Å². The fraction of sp³-hybridized carbons (Fsp3) is 0.949. The van der Waals surface area contributed by atoms with Crippen LogP contribution in [-0.2, 0) is 14.3 Å². The number of amides is 1. The minimum Gasteiger partial charge on any atom is -0.464 e. The van der Waals surface area contributed by atoms with E-state index < -0.39 is 5.54 Å². The number of ether oxygens (including phenoxy) is 1. The van der Waals surface area contributed by atoms with Gasteiger partial charge in [0.05, 0.1) is 6.61 Å². The third-order valence-corrected chi connectivity index (χ3v) is 9.12. The van der Waals surface area contributed by atoms with Crippen molar-refractivity contribution in [2.24, 2.45) is 0 Å². The van der Waals surface area contributed by atoms with Crippen LogP contribution in [0.25, 0.3) is 0 Å². The number of hydrogen-bond acceptors (Lipinski definition) is 4. The van der Waals surface area contributed by atoms with Crippen molar-refractivity contribution in [1.29, 1.82) is 0 Å².